The van der Waals surface area contributed by atoms with E-state index in [9.17, 15) is 29.4 Å². The molecule has 0 saturated carbocycles. The standard InChI is InChI=1S/C51H96O6/c1-4-7-10-13-16-19-22-25-28-31-34-37-40-43-47(53)50(56,46-52)51(57,48(54)44-41-38-35-32-29-26-23-20-17-14-11-8-5-2)49(55)45-42-39-36-33-30-27-24-21-18-15-12-9-6-3/h46,56-57H,4-45H2,1-3H3/t50-/m0/s1. The number of rotatable bonds is 47. The molecule has 0 spiro atoms. The Balaban J connectivity index is 4.94. The minimum atomic E-state index is -3.05. The fourth-order valence-corrected chi connectivity index (χ4v) is 8.40. The van der Waals surface area contributed by atoms with Gasteiger partial charge in [-0.05, 0) is 19.3 Å². The molecule has 0 rings (SSSR count). The minimum absolute atomic E-state index is 0.0268. The fraction of sp³-hybridized carbons (Fsp3) is 0.922. The highest BCUT2D eigenvalue weighted by Gasteiger charge is 2.62. The van der Waals surface area contributed by atoms with Crippen LogP contribution < -0.4 is 0 Å². The van der Waals surface area contributed by atoms with Crippen LogP contribution in [0.1, 0.15) is 290 Å². The average molecular weight is 805 g/mol. The predicted octanol–water partition coefficient (Wildman–Crippen LogP) is 14.8. The summed E-state index contributed by atoms with van der Waals surface area (Å²) in [5.74, 6) is -2.70. The van der Waals surface area contributed by atoms with Crippen molar-refractivity contribution < 1.29 is 29.4 Å². The van der Waals surface area contributed by atoms with Gasteiger partial charge in [-0.25, -0.2) is 0 Å². The number of aldehydes is 1. The molecule has 0 aliphatic carbocycles. The van der Waals surface area contributed by atoms with E-state index < -0.39 is 28.6 Å². The van der Waals surface area contributed by atoms with Crippen LogP contribution in [0.25, 0.3) is 0 Å². The maximum Gasteiger partial charge on any atom is 0.224 e. The fourth-order valence-electron chi connectivity index (χ4n) is 8.40. The van der Waals surface area contributed by atoms with Gasteiger partial charge in [0.05, 0.1) is 0 Å². The van der Waals surface area contributed by atoms with Gasteiger partial charge in [-0.3, -0.25) is 19.2 Å². The third kappa shape index (κ3) is 27.9. The molecule has 336 valence electrons. The Morgan fingerprint density at radius 3 is 0.684 bits per heavy atom. The monoisotopic (exact) mass is 805 g/mol. The highest BCUT2D eigenvalue weighted by molar-refractivity contribution is 6.21. The maximum absolute atomic E-state index is 13.7. The predicted molar refractivity (Wildman–Crippen MR) is 242 cm³/mol. The summed E-state index contributed by atoms with van der Waals surface area (Å²) in [5, 5.41) is 23.4. The van der Waals surface area contributed by atoms with Crippen molar-refractivity contribution >= 4 is 23.6 Å². The van der Waals surface area contributed by atoms with Gasteiger partial charge in [-0.1, -0.05) is 252 Å². The SMILES string of the molecule is CCCCCCCCCCCCCCCC(=O)C(O)(C(=O)CCCCCCCCCCCCCCC)[C@](O)(C=O)C(=O)CCCCCCCCCCCCCCC. The summed E-state index contributed by atoms with van der Waals surface area (Å²) >= 11 is 0. The molecule has 2 N–H and O–H groups in total. The molecule has 0 unspecified atom stereocenters. The van der Waals surface area contributed by atoms with Crippen molar-refractivity contribution in [3.63, 3.8) is 0 Å². The van der Waals surface area contributed by atoms with E-state index in [1.165, 1.54) is 154 Å². The normalized spacial score (nSPS) is 12.9. The maximum atomic E-state index is 13.7. The number of carbonyl (C=O) groups is 4. The second kappa shape index (κ2) is 40.0. The Morgan fingerprint density at radius 1 is 0.316 bits per heavy atom. The Morgan fingerprint density at radius 2 is 0.491 bits per heavy atom. The molecule has 0 aliphatic rings. The number of unbranched alkanes of at least 4 members (excludes halogenated alkanes) is 36. The molecule has 0 saturated heterocycles. The van der Waals surface area contributed by atoms with Crippen LogP contribution in [0.3, 0.4) is 0 Å². The summed E-state index contributed by atoms with van der Waals surface area (Å²) in [4.78, 5) is 53.4. The van der Waals surface area contributed by atoms with Crippen molar-refractivity contribution in [2.45, 2.75) is 302 Å². The van der Waals surface area contributed by atoms with Gasteiger partial charge in [-0.2, -0.15) is 0 Å². The zero-order valence-electron chi connectivity index (χ0n) is 38.3. The van der Waals surface area contributed by atoms with E-state index in [0.29, 0.717) is 19.3 Å². The highest BCUT2D eigenvalue weighted by atomic mass is 16.4. The zero-order chi connectivity index (χ0) is 42.1. The van der Waals surface area contributed by atoms with E-state index in [0.717, 1.165) is 77.0 Å². The molecule has 6 nitrogen and oxygen atoms in total. The first-order valence-electron chi connectivity index (χ1n) is 25.3. The molecule has 1 atom stereocenters. The summed E-state index contributed by atoms with van der Waals surface area (Å²) in [6, 6.07) is 0. The number of aliphatic hydroxyl groups is 2. The van der Waals surface area contributed by atoms with Gasteiger partial charge < -0.3 is 10.2 Å². The number of hydrogen-bond acceptors (Lipinski definition) is 6. The van der Waals surface area contributed by atoms with Crippen molar-refractivity contribution in [3.05, 3.63) is 0 Å². The van der Waals surface area contributed by atoms with E-state index in [4.69, 9.17) is 0 Å². The molecule has 0 radical (unpaired) electrons. The lowest BCUT2D eigenvalue weighted by Gasteiger charge is -2.36. The van der Waals surface area contributed by atoms with Crippen LogP contribution in [0.15, 0.2) is 0 Å². The van der Waals surface area contributed by atoms with Crippen LogP contribution in [0.2, 0.25) is 0 Å². The molecule has 0 aliphatic heterocycles. The first-order valence-corrected chi connectivity index (χ1v) is 25.3. The van der Waals surface area contributed by atoms with Crippen molar-refractivity contribution in [2.75, 3.05) is 0 Å². The second-order valence-electron chi connectivity index (χ2n) is 17.8. The Hall–Kier alpha value is -1.40. The van der Waals surface area contributed by atoms with Crippen LogP contribution in [0.4, 0.5) is 0 Å². The van der Waals surface area contributed by atoms with Crippen molar-refractivity contribution in [2.24, 2.45) is 0 Å². The van der Waals surface area contributed by atoms with E-state index in [2.05, 4.69) is 20.8 Å². The lowest BCUT2D eigenvalue weighted by atomic mass is 9.71. The first-order chi connectivity index (χ1) is 27.8. The molecule has 0 aromatic heterocycles. The summed E-state index contributed by atoms with van der Waals surface area (Å²) in [5.41, 5.74) is -6.08. The molecule has 6 heteroatoms. The Kier molecular flexibility index (Phi) is 39.0. The molecule has 0 fully saturated rings. The molecule has 57 heavy (non-hydrogen) atoms. The van der Waals surface area contributed by atoms with Crippen LogP contribution in [0, 0.1) is 0 Å². The third-order valence-corrected chi connectivity index (χ3v) is 12.5. The zero-order valence-corrected chi connectivity index (χ0v) is 38.3. The van der Waals surface area contributed by atoms with Gasteiger partial charge in [0, 0.05) is 19.3 Å². The highest BCUT2D eigenvalue weighted by Crippen LogP contribution is 2.31. The molecule has 0 bridgehead atoms. The van der Waals surface area contributed by atoms with E-state index in [1.54, 1.807) is 0 Å². The van der Waals surface area contributed by atoms with Gasteiger partial charge in [-0.15, -0.1) is 0 Å². The van der Waals surface area contributed by atoms with E-state index >= 15 is 0 Å². The third-order valence-electron chi connectivity index (χ3n) is 12.5. The molecule has 0 aromatic carbocycles. The van der Waals surface area contributed by atoms with Crippen LogP contribution in [-0.2, 0) is 19.2 Å². The minimum Gasteiger partial charge on any atom is -0.372 e. The van der Waals surface area contributed by atoms with Crippen molar-refractivity contribution in [1.29, 1.82) is 0 Å². The van der Waals surface area contributed by atoms with Gasteiger partial charge in [0.25, 0.3) is 0 Å². The lowest BCUT2D eigenvalue weighted by Crippen LogP contribution is -2.68. The molecular weight excluding hydrogens is 709 g/mol. The van der Waals surface area contributed by atoms with E-state index in [-0.39, 0.29) is 25.5 Å². The van der Waals surface area contributed by atoms with Gasteiger partial charge in [0.2, 0.25) is 11.2 Å². The topological polar surface area (TPSA) is 109 Å². The number of ketones is 3. The molecule has 0 amide bonds. The molecule has 0 aromatic rings. The van der Waals surface area contributed by atoms with Crippen molar-refractivity contribution in [3.8, 4) is 0 Å². The van der Waals surface area contributed by atoms with Crippen LogP contribution in [-0.4, -0.2) is 45.1 Å². The van der Waals surface area contributed by atoms with Gasteiger partial charge in [0.15, 0.2) is 23.6 Å². The Labute approximate surface area is 353 Å². The number of Topliss-reactive ketones (excluding diaryl/α,β-unsaturated/α-hetero) is 3. The number of hydrogen-bond donors (Lipinski definition) is 2. The molecular formula is C51H96O6. The van der Waals surface area contributed by atoms with Gasteiger partial charge >= 0.3 is 0 Å². The largest absolute Gasteiger partial charge is 0.372 e. The van der Waals surface area contributed by atoms with Gasteiger partial charge in [0.1, 0.15) is 0 Å². The summed E-state index contributed by atoms with van der Waals surface area (Å²) in [6.07, 6.45) is 43.8. The van der Waals surface area contributed by atoms with E-state index in [1.807, 2.05) is 0 Å². The smallest absolute Gasteiger partial charge is 0.224 e. The quantitative estimate of drug-likeness (QED) is 0.0360. The summed E-state index contributed by atoms with van der Waals surface area (Å²) in [7, 11) is 0. The average Bonchev–Trinajstić information content (AvgIpc) is 3.21. The van der Waals surface area contributed by atoms with Crippen LogP contribution in [0.5, 0.6) is 0 Å². The van der Waals surface area contributed by atoms with Crippen LogP contribution >= 0.6 is 0 Å². The second-order valence-corrected chi connectivity index (χ2v) is 17.8. The first kappa shape index (κ1) is 55.6. The number of carbonyl (C=O) groups excluding carboxylic acids is 4. The Bertz CT molecular complexity index is 904. The van der Waals surface area contributed by atoms with Crippen molar-refractivity contribution in [1.82, 2.24) is 0 Å². The summed E-state index contributed by atoms with van der Waals surface area (Å²) in [6.45, 7) is 6.72. The lowest BCUT2D eigenvalue weighted by molar-refractivity contribution is -0.186. The molecule has 0 heterocycles. The summed E-state index contributed by atoms with van der Waals surface area (Å²) < 4.78 is 0.